The largest absolute Gasteiger partial charge is 0.489 e. The molecule has 3 aromatic carbocycles. The highest BCUT2D eigenvalue weighted by molar-refractivity contribution is 5.86. The molecule has 1 atom stereocenters. The second kappa shape index (κ2) is 11.2. The quantitative estimate of drug-likeness (QED) is 0.325. The van der Waals surface area contributed by atoms with Crippen LogP contribution in [-0.2, 0) is 11.4 Å². The van der Waals surface area contributed by atoms with Gasteiger partial charge < -0.3 is 19.9 Å². The number of carbonyl (C=O) groups is 1. The minimum Gasteiger partial charge on any atom is -0.489 e. The first-order valence-corrected chi connectivity index (χ1v) is 12.6. The smallest absolute Gasteiger partial charge is 0.220 e. The van der Waals surface area contributed by atoms with Gasteiger partial charge in [0.25, 0.3) is 0 Å². The van der Waals surface area contributed by atoms with Crippen LogP contribution in [0.1, 0.15) is 41.9 Å². The van der Waals surface area contributed by atoms with Gasteiger partial charge >= 0.3 is 0 Å². The van der Waals surface area contributed by atoms with Crippen LogP contribution >= 0.6 is 0 Å². The van der Waals surface area contributed by atoms with Gasteiger partial charge in [-0.15, -0.1) is 0 Å². The molecule has 0 unspecified atom stereocenters. The highest BCUT2D eigenvalue weighted by Crippen LogP contribution is 2.34. The zero-order chi connectivity index (χ0) is 23.9. The van der Waals surface area contributed by atoms with Crippen LogP contribution in [0.3, 0.4) is 0 Å². The molecule has 0 bridgehead atoms. The summed E-state index contributed by atoms with van der Waals surface area (Å²) >= 11 is 0. The predicted octanol–water partition coefficient (Wildman–Crippen LogP) is 5.48. The summed E-state index contributed by atoms with van der Waals surface area (Å²) in [6.07, 6.45) is 4.99. The van der Waals surface area contributed by atoms with Gasteiger partial charge in [-0.25, -0.2) is 0 Å². The summed E-state index contributed by atoms with van der Waals surface area (Å²) in [7, 11) is 0. The van der Waals surface area contributed by atoms with Crippen molar-refractivity contribution in [1.29, 1.82) is 0 Å². The molecule has 5 rings (SSSR count). The molecule has 1 aromatic heterocycles. The standard InChI is InChI=1S/C30H33N3O2/c34-30(31-16-19-33-17-6-7-18-33)20-27(28-21-32-29-11-5-4-10-26(28)29)24-12-14-25(15-13-24)35-22-23-8-2-1-3-9-23/h1-5,8-15,21,27,32H,6-7,16-20,22H2,(H,31,34)/t27-/m1/s1. The molecule has 1 saturated heterocycles. The number of ether oxygens (including phenoxy) is 1. The lowest BCUT2D eigenvalue weighted by Crippen LogP contribution is -2.34. The number of likely N-dealkylation sites (tertiary alicyclic amines) is 1. The van der Waals surface area contributed by atoms with Crippen molar-refractivity contribution in [2.45, 2.75) is 31.8 Å². The molecule has 0 saturated carbocycles. The van der Waals surface area contributed by atoms with Gasteiger partial charge in [0, 0.05) is 42.5 Å². The Kier molecular flexibility index (Phi) is 7.44. The number of nitrogens with zero attached hydrogens (tertiary/aromatic N) is 1. The lowest BCUT2D eigenvalue weighted by atomic mass is 9.88. The van der Waals surface area contributed by atoms with Gasteiger partial charge in [-0.1, -0.05) is 60.7 Å². The molecule has 5 nitrogen and oxygen atoms in total. The Hall–Kier alpha value is -3.57. The van der Waals surface area contributed by atoms with Gasteiger partial charge in [0.2, 0.25) is 5.91 Å². The molecule has 0 aliphatic carbocycles. The van der Waals surface area contributed by atoms with Crippen molar-refractivity contribution in [2.75, 3.05) is 26.2 Å². The summed E-state index contributed by atoms with van der Waals surface area (Å²) in [4.78, 5) is 18.8. The van der Waals surface area contributed by atoms with Crippen molar-refractivity contribution >= 4 is 16.8 Å². The molecule has 1 amide bonds. The first-order chi connectivity index (χ1) is 17.3. The molecule has 0 radical (unpaired) electrons. The molecule has 1 aliphatic rings. The van der Waals surface area contributed by atoms with Crippen LogP contribution in [0.2, 0.25) is 0 Å². The highest BCUT2D eigenvalue weighted by Gasteiger charge is 2.22. The molecular weight excluding hydrogens is 434 g/mol. The second-order valence-electron chi connectivity index (χ2n) is 9.29. The number of aromatic nitrogens is 1. The van der Waals surface area contributed by atoms with Gasteiger partial charge in [-0.05, 0) is 60.8 Å². The normalized spacial score (nSPS) is 14.7. The van der Waals surface area contributed by atoms with Crippen molar-refractivity contribution in [2.24, 2.45) is 0 Å². The zero-order valence-corrected chi connectivity index (χ0v) is 20.1. The lowest BCUT2D eigenvalue weighted by molar-refractivity contribution is -0.121. The van der Waals surface area contributed by atoms with Crippen molar-refractivity contribution < 1.29 is 9.53 Å². The van der Waals surface area contributed by atoms with E-state index in [0.29, 0.717) is 19.6 Å². The fraction of sp³-hybridized carbons (Fsp3) is 0.300. The topological polar surface area (TPSA) is 57.4 Å². The molecule has 1 fully saturated rings. The van der Waals surface area contributed by atoms with Crippen molar-refractivity contribution in [1.82, 2.24) is 15.2 Å². The maximum atomic E-state index is 13.0. The molecular formula is C30H33N3O2. The number of para-hydroxylation sites is 1. The summed E-state index contributed by atoms with van der Waals surface area (Å²) in [6.45, 7) is 4.45. The number of carbonyl (C=O) groups excluding carboxylic acids is 1. The molecule has 35 heavy (non-hydrogen) atoms. The Morgan fingerprint density at radius 1 is 0.943 bits per heavy atom. The second-order valence-corrected chi connectivity index (χ2v) is 9.29. The first kappa shape index (κ1) is 23.2. The number of amides is 1. The number of fused-ring (bicyclic) bond motifs is 1. The molecule has 4 aromatic rings. The van der Waals surface area contributed by atoms with Crippen LogP contribution in [0.15, 0.2) is 85.1 Å². The van der Waals surface area contributed by atoms with E-state index in [1.807, 2.05) is 48.7 Å². The average molecular weight is 468 g/mol. The number of benzene rings is 3. The summed E-state index contributed by atoms with van der Waals surface area (Å²) in [6, 6.07) is 26.6. The monoisotopic (exact) mass is 467 g/mol. The third-order valence-electron chi connectivity index (χ3n) is 6.87. The van der Waals surface area contributed by atoms with Crippen LogP contribution in [0.5, 0.6) is 5.75 Å². The Bertz CT molecular complexity index is 1230. The van der Waals surface area contributed by atoms with Gasteiger partial charge in [-0.3, -0.25) is 4.79 Å². The summed E-state index contributed by atoms with van der Waals surface area (Å²) in [5.74, 6) is 0.871. The van der Waals surface area contributed by atoms with E-state index in [-0.39, 0.29) is 11.8 Å². The molecule has 1 aliphatic heterocycles. The Morgan fingerprint density at radius 3 is 2.49 bits per heavy atom. The van der Waals surface area contributed by atoms with Crippen LogP contribution in [0, 0.1) is 0 Å². The molecule has 5 heteroatoms. The van der Waals surface area contributed by atoms with Crippen LogP contribution in [-0.4, -0.2) is 42.0 Å². The summed E-state index contributed by atoms with van der Waals surface area (Å²) in [5, 5.41) is 4.31. The van der Waals surface area contributed by atoms with E-state index in [1.165, 1.54) is 12.8 Å². The lowest BCUT2D eigenvalue weighted by Gasteiger charge is -2.19. The number of aromatic amines is 1. The average Bonchev–Trinajstić information content (AvgIpc) is 3.57. The van der Waals surface area contributed by atoms with Gasteiger partial charge in [0.05, 0.1) is 0 Å². The minimum atomic E-state index is -0.0406. The molecule has 2 heterocycles. The third-order valence-corrected chi connectivity index (χ3v) is 6.87. The van der Waals surface area contributed by atoms with Gasteiger partial charge in [0.1, 0.15) is 12.4 Å². The van der Waals surface area contributed by atoms with E-state index in [2.05, 4.69) is 51.6 Å². The van der Waals surface area contributed by atoms with Gasteiger partial charge in [0.15, 0.2) is 0 Å². The maximum absolute atomic E-state index is 13.0. The van der Waals surface area contributed by atoms with Crippen LogP contribution in [0.25, 0.3) is 10.9 Å². The Balaban J connectivity index is 1.30. The number of rotatable bonds is 10. The van der Waals surface area contributed by atoms with E-state index < -0.39 is 0 Å². The van der Waals surface area contributed by atoms with Crippen molar-refractivity contribution in [3.05, 3.63) is 102 Å². The number of hydrogen-bond acceptors (Lipinski definition) is 3. The summed E-state index contributed by atoms with van der Waals surface area (Å²) < 4.78 is 5.98. The van der Waals surface area contributed by atoms with E-state index >= 15 is 0 Å². The Morgan fingerprint density at radius 2 is 1.69 bits per heavy atom. The van der Waals surface area contributed by atoms with E-state index in [9.17, 15) is 4.79 Å². The predicted molar refractivity (Wildman–Crippen MR) is 141 cm³/mol. The number of hydrogen-bond donors (Lipinski definition) is 2. The fourth-order valence-corrected chi connectivity index (χ4v) is 4.94. The minimum absolute atomic E-state index is 0.0406. The molecule has 180 valence electrons. The first-order valence-electron chi connectivity index (χ1n) is 12.6. The zero-order valence-electron chi connectivity index (χ0n) is 20.1. The molecule has 0 spiro atoms. The SMILES string of the molecule is O=C(C[C@H](c1ccc(OCc2ccccc2)cc1)c1c[nH]c2ccccc12)NCCN1CCCC1. The van der Waals surface area contributed by atoms with Crippen molar-refractivity contribution in [3.63, 3.8) is 0 Å². The molecule has 2 N–H and O–H groups in total. The number of nitrogens with one attached hydrogen (secondary N) is 2. The van der Waals surface area contributed by atoms with Crippen LogP contribution in [0.4, 0.5) is 0 Å². The Labute approximate surface area is 207 Å². The van der Waals surface area contributed by atoms with E-state index in [0.717, 1.165) is 53.0 Å². The van der Waals surface area contributed by atoms with Crippen LogP contribution < -0.4 is 10.1 Å². The maximum Gasteiger partial charge on any atom is 0.220 e. The highest BCUT2D eigenvalue weighted by atomic mass is 16.5. The van der Waals surface area contributed by atoms with E-state index in [4.69, 9.17) is 4.74 Å². The third kappa shape index (κ3) is 5.92. The van der Waals surface area contributed by atoms with Crippen molar-refractivity contribution in [3.8, 4) is 5.75 Å². The summed E-state index contributed by atoms with van der Waals surface area (Å²) in [5.41, 5.74) is 4.48. The fourth-order valence-electron chi connectivity index (χ4n) is 4.94. The van der Waals surface area contributed by atoms with Gasteiger partial charge in [-0.2, -0.15) is 0 Å². The number of H-pyrrole nitrogens is 1. The van der Waals surface area contributed by atoms with E-state index in [1.54, 1.807) is 0 Å².